The summed E-state index contributed by atoms with van der Waals surface area (Å²) >= 11 is 0. The molecule has 1 saturated heterocycles. The van der Waals surface area contributed by atoms with Gasteiger partial charge in [-0.15, -0.1) is 0 Å². The highest BCUT2D eigenvalue weighted by molar-refractivity contribution is 5.69. The van der Waals surface area contributed by atoms with Gasteiger partial charge in [-0.3, -0.25) is 0 Å². The van der Waals surface area contributed by atoms with E-state index >= 15 is 0 Å². The molecule has 1 N–H and O–H groups in total. The summed E-state index contributed by atoms with van der Waals surface area (Å²) in [6.45, 7) is 6.84. The van der Waals surface area contributed by atoms with Gasteiger partial charge in [0.05, 0.1) is 0 Å². The van der Waals surface area contributed by atoms with Crippen LogP contribution < -0.4 is 0 Å². The molecule has 1 aliphatic heterocycles. The lowest BCUT2D eigenvalue weighted by Crippen LogP contribution is -2.52. The van der Waals surface area contributed by atoms with E-state index < -0.39 is 5.60 Å². The molecule has 100 valence electrons. The number of rotatable bonds is 2. The minimum absolute atomic E-state index is 0.103. The van der Waals surface area contributed by atoms with Crippen LogP contribution in [-0.2, 0) is 11.2 Å². The summed E-state index contributed by atoms with van der Waals surface area (Å²) in [5.74, 6) is 0.875. The Bertz CT molecular complexity index is 430. The number of likely N-dealkylation sites (tertiary alicyclic amines) is 1. The summed E-state index contributed by atoms with van der Waals surface area (Å²) in [6.07, 6.45) is 0.395. The fourth-order valence-corrected chi connectivity index (χ4v) is 1.86. The standard InChI is InChI=1S/C12H18N2O4/c1-12(2,3)17-11(16)14-6-8(7-14)4-9-5-10(15)13-18-9/h5,8H,4,6-7H2,1-3H3,(H,13,15). The van der Waals surface area contributed by atoms with Gasteiger partial charge in [0.15, 0.2) is 0 Å². The van der Waals surface area contributed by atoms with E-state index in [1.54, 1.807) is 4.90 Å². The fourth-order valence-electron chi connectivity index (χ4n) is 1.86. The van der Waals surface area contributed by atoms with Crippen molar-refractivity contribution in [2.45, 2.75) is 32.8 Å². The first-order chi connectivity index (χ1) is 8.33. The molecule has 2 rings (SSSR count). The molecule has 0 atom stereocenters. The molecule has 0 saturated carbocycles. The van der Waals surface area contributed by atoms with Gasteiger partial charge in [0.1, 0.15) is 11.4 Å². The molecular weight excluding hydrogens is 236 g/mol. The Balaban J connectivity index is 1.75. The number of amides is 1. The monoisotopic (exact) mass is 254 g/mol. The van der Waals surface area contributed by atoms with E-state index in [-0.39, 0.29) is 12.0 Å². The van der Waals surface area contributed by atoms with Crippen molar-refractivity contribution in [3.8, 4) is 5.88 Å². The van der Waals surface area contributed by atoms with Crippen LogP contribution in [0.3, 0.4) is 0 Å². The Labute approximate surface area is 106 Å². The van der Waals surface area contributed by atoms with E-state index in [0.717, 1.165) is 0 Å². The zero-order chi connectivity index (χ0) is 13.3. The van der Waals surface area contributed by atoms with E-state index in [0.29, 0.717) is 31.2 Å². The predicted molar refractivity (Wildman–Crippen MR) is 63.2 cm³/mol. The minimum Gasteiger partial charge on any atom is -0.491 e. The highest BCUT2D eigenvalue weighted by Crippen LogP contribution is 2.23. The van der Waals surface area contributed by atoms with Crippen molar-refractivity contribution in [2.24, 2.45) is 5.92 Å². The van der Waals surface area contributed by atoms with Crippen LogP contribution in [0.1, 0.15) is 26.5 Å². The third-order valence-corrected chi connectivity index (χ3v) is 2.65. The highest BCUT2D eigenvalue weighted by atomic mass is 16.6. The smallest absolute Gasteiger partial charge is 0.410 e. The van der Waals surface area contributed by atoms with Crippen molar-refractivity contribution < 1.29 is 19.2 Å². The maximum absolute atomic E-state index is 11.7. The van der Waals surface area contributed by atoms with Crippen LogP contribution in [0.25, 0.3) is 0 Å². The summed E-state index contributed by atoms with van der Waals surface area (Å²) in [6, 6.07) is 1.50. The molecule has 0 unspecified atom stereocenters. The molecule has 1 aromatic heterocycles. The van der Waals surface area contributed by atoms with Crippen LogP contribution >= 0.6 is 0 Å². The maximum atomic E-state index is 11.7. The van der Waals surface area contributed by atoms with Crippen molar-refractivity contribution in [1.82, 2.24) is 10.1 Å². The Morgan fingerprint density at radius 2 is 2.28 bits per heavy atom. The minimum atomic E-state index is -0.459. The average molecular weight is 254 g/mol. The highest BCUT2D eigenvalue weighted by Gasteiger charge is 2.34. The second kappa shape index (κ2) is 4.51. The van der Waals surface area contributed by atoms with Crippen LogP contribution in [0.5, 0.6) is 5.88 Å². The summed E-state index contributed by atoms with van der Waals surface area (Å²) in [7, 11) is 0. The number of carbonyl (C=O) groups is 1. The molecule has 1 aromatic rings. The number of hydrogen-bond acceptors (Lipinski definition) is 5. The van der Waals surface area contributed by atoms with E-state index in [4.69, 9.17) is 14.4 Å². The number of nitrogens with zero attached hydrogens (tertiary/aromatic N) is 2. The molecule has 0 bridgehead atoms. The molecule has 0 aromatic carbocycles. The van der Waals surface area contributed by atoms with Crippen molar-refractivity contribution in [2.75, 3.05) is 13.1 Å². The van der Waals surface area contributed by atoms with Gasteiger partial charge < -0.3 is 19.3 Å². The molecule has 0 spiro atoms. The topological polar surface area (TPSA) is 75.8 Å². The van der Waals surface area contributed by atoms with Crippen LogP contribution in [0.4, 0.5) is 4.79 Å². The number of hydrogen-bond donors (Lipinski definition) is 1. The van der Waals surface area contributed by atoms with Gasteiger partial charge in [-0.1, -0.05) is 0 Å². The Morgan fingerprint density at radius 3 is 2.78 bits per heavy atom. The van der Waals surface area contributed by atoms with E-state index in [1.165, 1.54) is 6.07 Å². The third-order valence-electron chi connectivity index (χ3n) is 2.65. The first kappa shape index (κ1) is 12.7. The first-order valence-corrected chi connectivity index (χ1v) is 5.96. The number of aromatic nitrogens is 1. The van der Waals surface area contributed by atoms with Gasteiger partial charge >= 0.3 is 6.09 Å². The van der Waals surface area contributed by atoms with Gasteiger partial charge in [0.2, 0.25) is 0 Å². The molecule has 1 amide bonds. The van der Waals surface area contributed by atoms with Crippen molar-refractivity contribution in [1.29, 1.82) is 0 Å². The average Bonchev–Trinajstić information content (AvgIpc) is 2.53. The largest absolute Gasteiger partial charge is 0.491 e. The van der Waals surface area contributed by atoms with Gasteiger partial charge in [-0.05, 0) is 25.9 Å². The molecule has 6 heteroatoms. The molecule has 6 nitrogen and oxygen atoms in total. The van der Waals surface area contributed by atoms with Gasteiger partial charge in [-0.2, -0.15) is 0 Å². The molecule has 0 radical (unpaired) electrons. The van der Waals surface area contributed by atoms with Crippen molar-refractivity contribution in [3.05, 3.63) is 11.8 Å². The molecule has 2 heterocycles. The van der Waals surface area contributed by atoms with Gasteiger partial charge in [0.25, 0.3) is 5.88 Å². The van der Waals surface area contributed by atoms with E-state index in [9.17, 15) is 4.79 Å². The second-order valence-electron chi connectivity index (χ2n) is 5.61. The second-order valence-corrected chi connectivity index (χ2v) is 5.61. The lowest BCUT2D eigenvalue weighted by molar-refractivity contribution is -0.00169. The molecule has 1 aliphatic rings. The van der Waals surface area contributed by atoms with Gasteiger partial charge in [0, 0.05) is 31.5 Å². The third kappa shape index (κ3) is 3.15. The van der Waals surface area contributed by atoms with E-state index in [2.05, 4.69) is 5.16 Å². The lowest BCUT2D eigenvalue weighted by Gasteiger charge is -2.39. The Morgan fingerprint density at radius 1 is 1.61 bits per heavy atom. The van der Waals surface area contributed by atoms with Crippen LogP contribution in [0, 0.1) is 5.92 Å². The van der Waals surface area contributed by atoms with Crippen molar-refractivity contribution >= 4 is 6.09 Å². The summed E-state index contributed by atoms with van der Waals surface area (Å²) in [4.78, 5) is 13.3. The predicted octanol–water partition coefficient (Wildman–Crippen LogP) is 1.79. The summed E-state index contributed by atoms with van der Waals surface area (Å²) < 4.78 is 10.2. The maximum Gasteiger partial charge on any atom is 0.410 e. The number of aromatic hydroxyl groups is 1. The van der Waals surface area contributed by atoms with Gasteiger partial charge in [-0.25, -0.2) is 4.79 Å². The SMILES string of the molecule is CC(C)(C)OC(=O)N1CC(Cc2cc(O)no2)C1. The Hall–Kier alpha value is -1.72. The number of carbonyl (C=O) groups excluding carboxylic acids is 1. The summed E-state index contributed by atoms with van der Waals surface area (Å²) in [5, 5.41) is 12.4. The Kier molecular flexibility index (Phi) is 3.19. The van der Waals surface area contributed by atoms with Crippen molar-refractivity contribution in [3.63, 3.8) is 0 Å². The van der Waals surface area contributed by atoms with Crippen LogP contribution in [0.15, 0.2) is 10.6 Å². The number of ether oxygens (including phenoxy) is 1. The molecule has 0 aliphatic carbocycles. The van der Waals surface area contributed by atoms with Crippen LogP contribution in [-0.4, -0.2) is 39.9 Å². The molecular formula is C12H18N2O4. The summed E-state index contributed by atoms with van der Waals surface area (Å²) in [5.41, 5.74) is -0.459. The van der Waals surface area contributed by atoms with Crippen LogP contribution in [0.2, 0.25) is 0 Å². The van der Waals surface area contributed by atoms with E-state index in [1.807, 2.05) is 20.8 Å². The fraction of sp³-hybridized carbons (Fsp3) is 0.667. The molecule has 18 heavy (non-hydrogen) atoms. The first-order valence-electron chi connectivity index (χ1n) is 5.96. The zero-order valence-corrected chi connectivity index (χ0v) is 10.8. The lowest BCUT2D eigenvalue weighted by atomic mass is 9.96. The molecule has 1 fully saturated rings. The zero-order valence-electron chi connectivity index (χ0n) is 10.8. The quantitative estimate of drug-likeness (QED) is 0.870. The normalized spacial score (nSPS) is 16.5.